The molecule has 17 heavy (non-hydrogen) atoms. The first-order chi connectivity index (χ1) is 8.27. The quantitative estimate of drug-likeness (QED) is 0.783. The van der Waals surface area contributed by atoms with E-state index in [2.05, 4.69) is 4.98 Å². The van der Waals surface area contributed by atoms with E-state index in [4.69, 9.17) is 5.26 Å². The molecule has 0 aliphatic rings. The molecule has 0 atom stereocenters. The molecule has 0 aromatic carbocycles. The van der Waals surface area contributed by atoms with Crippen molar-refractivity contribution in [2.24, 2.45) is 0 Å². The molecule has 0 bridgehead atoms. The average Bonchev–Trinajstić information content (AvgIpc) is 2.39. The smallest absolute Gasteiger partial charge is 0.269 e. The molecule has 2 aromatic rings. The molecule has 0 aliphatic carbocycles. The third-order valence-corrected chi connectivity index (χ3v) is 2.61. The predicted octanol–water partition coefficient (Wildman–Crippen LogP) is 1.80. The summed E-state index contributed by atoms with van der Waals surface area (Å²) in [7, 11) is 0. The fourth-order valence-corrected chi connectivity index (χ4v) is 1.70. The van der Waals surface area contributed by atoms with Gasteiger partial charge in [0, 0.05) is 30.7 Å². The summed E-state index contributed by atoms with van der Waals surface area (Å²) in [5, 5.41) is 9.10. The zero-order valence-corrected chi connectivity index (χ0v) is 9.42. The summed E-state index contributed by atoms with van der Waals surface area (Å²) in [6, 6.07) is 7.34. The third-order valence-electron chi connectivity index (χ3n) is 2.61. The van der Waals surface area contributed by atoms with E-state index >= 15 is 0 Å². The molecular formula is C13H11N3O. The molecule has 2 aromatic heterocycles. The Morgan fingerprint density at radius 1 is 1.35 bits per heavy atom. The zero-order chi connectivity index (χ0) is 12.3. The Morgan fingerprint density at radius 3 is 2.65 bits per heavy atom. The molecule has 4 heteroatoms. The van der Waals surface area contributed by atoms with Gasteiger partial charge in [-0.05, 0) is 30.7 Å². The molecule has 0 unspecified atom stereocenters. The van der Waals surface area contributed by atoms with Crippen LogP contribution in [-0.4, -0.2) is 9.55 Å². The molecule has 84 valence electrons. The third kappa shape index (κ3) is 1.95. The summed E-state index contributed by atoms with van der Waals surface area (Å²) in [5.41, 5.74) is 1.42. The van der Waals surface area contributed by atoms with Crippen molar-refractivity contribution in [3.05, 3.63) is 52.7 Å². The first kappa shape index (κ1) is 11.1. The Kier molecular flexibility index (Phi) is 3.01. The van der Waals surface area contributed by atoms with Crippen molar-refractivity contribution in [3.63, 3.8) is 0 Å². The van der Waals surface area contributed by atoms with Crippen LogP contribution in [0, 0.1) is 11.3 Å². The summed E-state index contributed by atoms with van der Waals surface area (Å²) in [6.07, 6.45) is 4.99. The van der Waals surface area contributed by atoms with Crippen molar-refractivity contribution in [2.75, 3.05) is 0 Å². The molecule has 0 fully saturated rings. The number of aryl methyl sites for hydroxylation is 1. The van der Waals surface area contributed by atoms with Gasteiger partial charge in [0.05, 0.1) is 0 Å². The van der Waals surface area contributed by atoms with Crippen LogP contribution in [0.3, 0.4) is 0 Å². The molecule has 4 nitrogen and oxygen atoms in total. The van der Waals surface area contributed by atoms with Crippen LogP contribution in [0.5, 0.6) is 0 Å². The van der Waals surface area contributed by atoms with Crippen molar-refractivity contribution in [1.29, 1.82) is 5.26 Å². The fourth-order valence-electron chi connectivity index (χ4n) is 1.70. The molecule has 0 N–H and O–H groups in total. The van der Waals surface area contributed by atoms with Crippen molar-refractivity contribution in [3.8, 4) is 17.2 Å². The van der Waals surface area contributed by atoms with E-state index in [1.807, 2.05) is 13.0 Å². The van der Waals surface area contributed by atoms with Crippen molar-refractivity contribution in [2.45, 2.75) is 13.5 Å². The van der Waals surface area contributed by atoms with Gasteiger partial charge in [0.2, 0.25) is 0 Å². The topological polar surface area (TPSA) is 58.7 Å². The summed E-state index contributed by atoms with van der Waals surface area (Å²) in [4.78, 5) is 15.9. The summed E-state index contributed by atoms with van der Waals surface area (Å²) in [5.74, 6) is 0. The minimum Gasteiger partial charge on any atom is -0.315 e. The van der Waals surface area contributed by atoms with E-state index in [1.54, 1.807) is 36.8 Å². The Labute approximate surface area is 98.8 Å². The number of nitrogens with zero attached hydrogens (tertiary/aromatic N) is 3. The maximum absolute atomic E-state index is 12.0. The van der Waals surface area contributed by atoms with Crippen LogP contribution in [0.15, 0.2) is 41.6 Å². The first-order valence-electron chi connectivity index (χ1n) is 5.32. The highest BCUT2D eigenvalue weighted by Gasteiger charge is 2.10. The van der Waals surface area contributed by atoms with Crippen LogP contribution in [0.1, 0.15) is 12.5 Å². The van der Waals surface area contributed by atoms with E-state index in [0.717, 1.165) is 5.56 Å². The molecular weight excluding hydrogens is 214 g/mol. The van der Waals surface area contributed by atoms with Gasteiger partial charge in [-0.1, -0.05) is 0 Å². The lowest BCUT2D eigenvalue weighted by Crippen LogP contribution is -2.21. The Bertz CT molecular complexity index is 623. The highest BCUT2D eigenvalue weighted by Crippen LogP contribution is 2.19. The van der Waals surface area contributed by atoms with Crippen LogP contribution in [-0.2, 0) is 6.54 Å². The normalized spacial score (nSPS) is 9.88. The minimum absolute atomic E-state index is 0.181. The van der Waals surface area contributed by atoms with Crippen molar-refractivity contribution >= 4 is 0 Å². The molecule has 0 saturated heterocycles. The summed E-state index contributed by atoms with van der Waals surface area (Å²) < 4.78 is 1.52. The van der Waals surface area contributed by atoms with Gasteiger partial charge in [0.25, 0.3) is 5.56 Å². The number of aromatic nitrogens is 2. The Hall–Kier alpha value is -2.41. The number of rotatable bonds is 2. The van der Waals surface area contributed by atoms with Crippen LogP contribution in [0.2, 0.25) is 0 Å². The van der Waals surface area contributed by atoms with Gasteiger partial charge in [-0.2, -0.15) is 5.26 Å². The molecule has 0 spiro atoms. The van der Waals surface area contributed by atoms with Crippen LogP contribution in [0.25, 0.3) is 11.1 Å². The number of hydrogen-bond donors (Lipinski definition) is 0. The monoisotopic (exact) mass is 225 g/mol. The van der Waals surface area contributed by atoms with Crippen LogP contribution in [0.4, 0.5) is 0 Å². The zero-order valence-electron chi connectivity index (χ0n) is 9.42. The predicted molar refractivity (Wildman–Crippen MR) is 64.3 cm³/mol. The Morgan fingerprint density at radius 2 is 2.06 bits per heavy atom. The van der Waals surface area contributed by atoms with Gasteiger partial charge in [-0.3, -0.25) is 9.78 Å². The van der Waals surface area contributed by atoms with E-state index in [1.165, 1.54) is 4.57 Å². The second-order valence-corrected chi connectivity index (χ2v) is 3.54. The minimum atomic E-state index is -0.246. The highest BCUT2D eigenvalue weighted by molar-refractivity contribution is 5.69. The lowest BCUT2D eigenvalue weighted by molar-refractivity contribution is 0.725. The maximum Gasteiger partial charge on any atom is 0.269 e. The number of pyridine rings is 2. The van der Waals surface area contributed by atoms with Crippen molar-refractivity contribution < 1.29 is 0 Å². The van der Waals surface area contributed by atoms with E-state index in [9.17, 15) is 4.79 Å². The van der Waals surface area contributed by atoms with E-state index < -0.39 is 0 Å². The van der Waals surface area contributed by atoms with Gasteiger partial charge >= 0.3 is 0 Å². The second kappa shape index (κ2) is 4.62. The maximum atomic E-state index is 12.0. The second-order valence-electron chi connectivity index (χ2n) is 3.54. The molecule has 0 amide bonds. The van der Waals surface area contributed by atoms with E-state index in [0.29, 0.717) is 12.1 Å². The van der Waals surface area contributed by atoms with Gasteiger partial charge in [0.1, 0.15) is 11.6 Å². The van der Waals surface area contributed by atoms with Gasteiger partial charge < -0.3 is 4.57 Å². The average molecular weight is 225 g/mol. The SMILES string of the molecule is CCn1ccc(-c2ccncc2)c(C#N)c1=O. The standard InChI is InChI=1S/C13H11N3O/c1-2-16-8-5-11(12(9-14)13(16)17)10-3-6-15-7-4-10/h3-8H,2H2,1H3. The van der Waals surface area contributed by atoms with E-state index in [-0.39, 0.29) is 11.1 Å². The largest absolute Gasteiger partial charge is 0.315 e. The molecule has 0 aliphatic heterocycles. The van der Waals surface area contributed by atoms with Gasteiger partial charge in [-0.15, -0.1) is 0 Å². The molecule has 0 radical (unpaired) electrons. The van der Waals surface area contributed by atoms with Crippen LogP contribution < -0.4 is 5.56 Å². The molecule has 0 saturated carbocycles. The number of hydrogen-bond acceptors (Lipinski definition) is 3. The molecule has 2 heterocycles. The summed E-state index contributed by atoms with van der Waals surface area (Å²) in [6.45, 7) is 2.43. The molecule has 2 rings (SSSR count). The van der Waals surface area contributed by atoms with Crippen LogP contribution >= 0.6 is 0 Å². The fraction of sp³-hybridized carbons (Fsp3) is 0.154. The lowest BCUT2D eigenvalue weighted by Gasteiger charge is -2.07. The summed E-state index contributed by atoms with van der Waals surface area (Å²) >= 11 is 0. The first-order valence-corrected chi connectivity index (χ1v) is 5.32. The number of nitriles is 1. The lowest BCUT2D eigenvalue weighted by atomic mass is 10.0. The Balaban J connectivity index is 2.70. The highest BCUT2D eigenvalue weighted by atomic mass is 16.1. The van der Waals surface area contributed by atoms with Crippen molar-refractivity contribution in [1.82, 2.24) is 9.55 Å². The van der Waals surface area contributed by atoms with Gasteiger partial charge in [0.15, 0.2) is 0 Å². The van der Waals surface area contributed by atoms with Gasteiger partial charge in [-0.25, -0.2) is 0 Å².